The maximum Gasteiger partial charge on any atom is 0.274 e. The molecule has 1 aliphatic carbocycles. The number of benzene rings is 1. The number of fused-ring (bicyclic) bond motifs is 2. The van der Waals surface area contributed by atoms with Gasteiger partial charge in [0.15, 0.2) is 4.96 Å². The molecule has 1 unspecified atom stereocenters. The molecule has 1 aromatic carbocycles. The second-order valence-corrected chi connectivity index (χ2v) is 12.3. The largest absolute Gasteiger partial charge is 0.349 e. The SMILES string of the molecule is Cc1nc(C(=O)N2C[C@@H]3CC(C)C[C@@H]3[C@H]2CNC(=O)c2c(C)nc3sccn23)c(-c2cccc(F)c2)s1. The summed E-state index contributed by atoms with van der Waals surface area (Å²) >= 11 is 2.89. The number of amides is 2. The summed E-state index contributed by atoms with van der Waals surface area (Å²) in [7, 11) is 0. The molecular weight excluding hydrogens is 509 g/mol. The molecule has 4 aromatic rings. The van der Waals surface area contributed by atoms with Crippen LogP contribution >= 0.6 is 22.7 Å². The first kappa shape index (κ1) is 24.2. The molecule has 4 heterocycles. The normalized spacial score (nSPS) is 23.1. The number of hydrogen-bond acceptors (Lipinski definition) is 6. The van der Waals surface area contributed by atoms with Crippen molar-refractivity contribution >= 4 is 39.4 Å². The van der Waals surface area contributed by atoms with Crippen LogP contribution in [-0.2, 0) is 0 Å². The van der Waals surface area contributed by atoms with E-state index in [1.54, 1.807) is 6.07 Å². The van der Waals surface area contributed by atoms with Crippen LogP contribution in [0.3, 0.4) is 0 Å². The lowest BCUT2D eigenvalue weighted by molar-refractivity contribution is 0.0692. The van der Waals surface area contributed by atoms with E-state index in [4.69, 9.17) is 0 Å². The summed E-state index contributed by atoms with van der Waals surface area (Å²) in [4.78, 5) is 39.7. The smallest absolute Gasteiger partial charge is 0.274 e. The summed E-state index contributed by atoms with van der Waals surface area (Å²) in [5.74, 6) is 0.642. The fourth-order valence-electron chi connectivity index (χ4n) is 6.22. The van der Waals surface area contributed by atoms with E-state index in [-0.39, 0.29) is 23.7 Å². The molecule has 6 rings (SSSR count). The minimum Gasteiger partial charge on any atom is -0.349 e. The molecule has 1 saturated carbocycles. The number of thiazole rings is 2. The molecular formula is C27H28FN5O2S2. The molecule has 37 heavy (non-hydrogen) atoms. The summed E-state index contributed by atoms with van der Waals surface area (Å²) in [6, 6.07) is 6.17. The maximum absolute atomic E-state index is 14.0. The van der Waals surface area contributed by atoms with Gasteiger partial charge in [0.1, 0.15) is 17.2 Å². The van der Waals surface area contributed by atoms with Crippen LogP contribution in [0.1, 0.15) is 51.4 Å². The highest BCUT2D eigenvalue weighted by Gasteiger charge is 2.48. The average molecular weight is 538 g/mol. The van der Waals surface area contributed by atoms with Gasteiger partial charge in [-0.2, -0.15) is 0 Å². The van der Waals surface area contributed by atoms with Crippen LogP contribution in [-0.4, -0.2) is 50.2 Å². The number of nitrogens with one attached hydrogen (secondary N) is 1. The van der Waals surface area contributed by atoms with E-state index in [2.05, 4.69) is 22.2 Å². The van der Waals surface area contributed by atoms with Crippen LogP contribution in [0.15, 0.2) is 35.8 Å². The van der Waals surface area contributed by atoms with E-state index in [9.17, 15) is 14.0 Å². The zero-order valence-corrected chi connectivity index (χ0v) is 22.5. The van der Waals surface area contributed by atoms with Crippen LogP contribution in [0, 0.1) is 37.4 Å². The first-order valence-corrected chi connectivity index (χ1v) is 14.2. The van der Waals surface area contributed by atoms with Gasteiger partial charge in [-0.3, -0.25) is 14.0 Å². The third-order valence-electron chi connectivity index (χ3n) is 7.72. The Morgan fingerprint density at radius 1 is 1.22 bits per heavy atom. The summed E-state index contributed by atoms with van der Waals surface area (Å²) in [5, 5.41) is 5.79. The highest BCUT2D eigenvalue weighted by atomic mass is 32.1. The number of carbonyl (C=O) groups is 2. The molecule has 10 heteroatoms. The van der Waals surface area contributed by atoms with Crippen molar-refractivity contribution in [1.82, 2.24) is 24.6 Å². The Labute approximate surface area is 222 Å². The van der Waals surface area contributed by atoms with Crippen molar-refractivity contribution in [2.75, 3.05) is 13.1 Å². The molecule has 0 spiro atoms. The Hall–Kier alpha value is -3.11. The number of carbonyl (C=O) groups excluding carboxylic acids is 2. The van der Waals surface area contributed by atoms with Gasteiger partial charge in [-0.05, 0) is 62.1 Å². The highest BCUT2D eigenvalue weighted by Crippen LogP contribution is 2.46. The number of hydrogen-bond donors (Lipinski definition) is 1. The number of aryl methyl sites for hydroxylation is 2. The first-order valence-electron chi connectivity index (χ1n) is 12.5. The van der Waals surface area contributed by atoms with Crippen molar-refractivity contribution in [3.8, 4) is 10.4 Å². The Bertz CT molecular complexity index is 1510. The third kappa shape index (κ3) is 4.25. The van der Waals surface area contributed by atoms with Gasteiger partial charge in [0.2, 0.25) is 0 Å². The molecule has 0 radical (unpaired) electrons. The molecule has 2 aliphatic rings. The summed E-state index contributed by atoms with van der Waals surface area (Å²) in [5.41, 5.74) is 2.24. The van der Waals surface area contributed by atoms with Crippen molar-refractivity contribution in [3.05, 3.63) is 63.7 Å². The van der Waals surface area contributed by atoms with Crippen LogP contribution in [0.4, 0.5) is 4.39 Å². The molecule has 2 amide bonds. The van der Waals surface area contributed by atoms with E-state index in [1.165, 1.54) is 34.8 Å². The van der Waals surface area contributed by atoms with E-state index in [0.717, 1.165) is 22.8 Å². The number of imidazole rings is 1. The van der Waals surface area contributed by atoms with Crippen molar-refractivity contribution in [3.63, 3.8) is 0 Å². The first-order chi connectivity index (χ1) is 17.8. The van der Waals surface area contributed by atoms with Crippen molar-refractivity contribution in [2.45, 2.75) is 39.7 Å². The molecule has 2 fully saturated rings. The quantitative estimate of drug-likeness (QED) is 0.380. The molecule has 4 atom stereocenters. The van der Waals surface area contributed by atoms with Gasteiger partial charge in [0, 0.05) is 24.7 Å². The minimum atomic E-state index is -0.345. The van der Waals surface area contributed by atoms with Gasteiger partial charge in [-0.15, -0.1) is 22.7 Å². The van der Waals surface area contributed by atoms with Gasteiger partial charge in [-0.1, -0.05) is 19.1 Å². The maximum atomic E-state index is 14.0. The Balaban J connectivity index is 1.28. The topological polar surface area (TPSA) is 79.6 Å². The lowest BCUT2D eigenvalue weighted by atomic mass is 9.93. The van der Waals surface area contributed by atoms with E-state index in [1.807, 2.05) is 40.8 Å². The van der Waals surface area contributed by atoms with Crippen LogP contribution in [0.2, 0.25) is 0 Å². The van der Waals surface area contributed by atoms with Crippen molar-refractivity contribution < 1.29 is 14.0 Å². The molecule has 1 saturated heterocycles. The number of likely N-dealkylation sites (tertiary alicyclic amines) is 1. The number of aromatic nitrogens is 3. The van der Waals surface area contributed by atoms with Gasteiger partial charge < -0.3 is 10.2 Å². The van der Waals surface area contributed by atoms with Gasteiger partial charge in [-0.25, -0.2) is 14.4 Å². The van der Waals surface area contributed by atoms with Gasteiger partial charge >= 0.3 is 0 Å². The summed E-state index contributed by atoms with van der Waals surface area (Å²) < 4.78 is 15.8. The highest BCUT2D eigenvalue weighted by molar-refractivity contribution is 7.15. The third-order valence-corrected chi connectivity index (χ3v) is 9.49. The Morgan fingerprint density at radius 3 is 2.86 bits per heavy atom. The number of rotatable bonds is 5. The Kier molecular flexibility index (Phi) is 6.11. The molecule has 7 nitrogen and oxygen atoms in total. The average Bonchev–Trinajstić information content (AvgIpc) is 3.64. The second kappa shape index (κ2) is 9.33. The second-order valence-electron chi connectivity index (χ2n) is 10.3. The van der Waals surface area contributed by atoms with Crippen LogP contribution in [0.25, 0.3) is 15.4 Å². The standard InChI is InChI=1S/C27H28FN5O2S2/c1-14-9-18-13-33(26(35)22-24(37-16(3)31-22)17-5-4-6-19(28)11-17)21(20(18)10-14)12-29-25(34)23-15(2)30-27-32(23)7-8-36-27/h4-8,11,14,18,20-21H,9-10,12-13H2,1-3H3,(H,29,34)/t14?,18-,20-,21+/m0/s1. The zero-order chi connectivity index (χ0) is 25.8. The fourth-order valence-corrected chi connectivity index (χ4v) is 7.89. The molecule has 0 bridgehead atoms. The molecule has 1 aliphatic heterocycles. The molecule has 1 N–H and O–H groups in total. The van der Waals surface area contributed by atoms with E-state index < -0.39 is 0 Å². The lowest BCUT2D eigenvalue weighted by Crippen LogP contribution is -2.46. The Morgan fingerprint density at radius 2 is 2.05 bits per heavy atom. The van der Waals surface area contributed by atoms with Crippen LogP contribution < -0.4 is 5.32 Å². The predicted molar refractivity (Wildman–Crippen MR) is 143 cm³/mol. The molecule has 192 valence electrons. The lowest BCUT2D eigenvalue weighted by Gasteiger charge is -2.28. The minimum absolute atomic E-state index is 0.125. The fraction of sp³-hybridized carbons (Fsp3) is 0.407. The van der Waals surface area contributed by atoms with Crippen molar-refractivity contribution in [1.29, 1.82) is 0 Å². The van der Waals surface area contributed by atoms with Gasteiger partial charge in [0.25, 0.3) is 11.8 Å². The summed E-state index contributed by atoms with van der Waals surface area (Å²) in [6.45, 7) is 6.98. The zero-order valence-electron chi connectivity index (χ0n) is 20.9. The van der Waals surface area contributed by atoms with E-state index in [0.29, 0.717) is 58.4 Å². The predicted octanol–water partition coefficient (Wildman–Crippen LogP) is 5.19. The summed E-state index contributed by atoms with van der Waals surface area (Å²) in [6.07, 6.45) is 3.96. The monoisotopic (exact) mass is 537 g/mol. The van der Waals surface area contributed by atoms with Crippen LogP contribution in [0.5, 0.6) is 0 Å². The van der Waals surface area contributed by atoms with Gasteiger partial charge in [0.05, 0.1) is 21.6 Å². The van der Waals surface area contributed by atoms with Crippen molar-refractivity contribution in [2.24, 2.45) is 17.8 Å². The molecule has 3 aromatic heterocycles. The number of nitrogens with zero attached hydrogens (tertiary/aromatic N) is 4. The number of halogens is 1. The van der Waals surface area contributed by atoms with E-state index >= 15 is 0 Å².